The van der Waals surface area contributed by atoms with Gasteiger partial charge >= 0.3 is 0 Å². The summed E-state index contributed by atoms with van der Waals surface area (Å²) in [5.41, 5.74) is 0.521. The summed E-state index contributed by atoms with van der Waals surface area (Å²) in [5.74, 6) is -0.650. The molecule has 138 valence electrons. The Labute approximate surface area is 149 Å². The van der Waals surface area contributed by atoms with Gasteiger partial charge in [0, 0.05) is 24.6 Å². The number of carbonyl (C=O) groups is 3. The van der Waals surface area contributed by atoms with E-state index in [2.05, 4.69) is 16.0 Å². The standard InChI is InChI=1S/C19H29N3O3/c1-5-14(4)16(22-18(24)15-9-7-6-8-10-15)19(25)21-12-11-20-17(23)13(2)3/h6-10,13-14,16H,5,11-12H2,1-4H3,(H,20,23)(H,21,25)(H,22,24). The summed E-state index contributed by atoms with van der Waals surface area (Å²) in [6.07, 6.45) is 0.761. The molecule has 6 nitrogen and oxygen atoms in total. The van der Waals surface area contributed by atoms with Crippen LogP contribution in [0.3, 0.4) is 0 Å². The summed E-state index contributed by atoms with van der Waals surface area (Å²) < 4.78 is 0. The molecule has 1 aromatic rings. The number of nitrogens with one attached hydrogen (secondary N) is 3. The van der Waals surface area contributed by atoms with Crippen LogP contribution in [0.4, 0.5) is 0 Å². The zero-order chi connectivity index (χ0) is 18.8. The number of hydrogen-bond acceptors (Lipinski definition) is 3. The zero-order valence-corrected chi connectivity index (χ0v) is 15.5. The fourth-order valence-electron chi connectivity index (χ4n) is 2.20. The van der Waals surface area contributed by atoms with Gasteiger partial charge in [-0.15, -0.1) is 0 Å². The minimum atomic E-state index is -0.612. The highest BCUT2D eigenvalue weighted by Crippen LogP contribution is 2.09. The summed E-state index contributed by atoms with van der Waals surface area (Å²) in [5, 5.41) is 8.34. The maximum absolute atomic E-state index is 12.5. The molecule has 0 bridgehead atoms. The van der Waals surface area contributed by atoms with Crippen LogP contribution in [0.2, 0.25) is 0 Å². The van der Waals surface area contributed by atoms with Crippen molar-refractivity contribution in [3.63, 3.8) is 0 Å². The van der Waals surface area contributed by atoms with Gasteiger partial charge < -0.3 is 16.0 Å². The van der Waals surface area contributed by atoms with Crippen molar-refractivity contribution in [3.05, 3.63) is 35.9 Å². The van der Waals surface area contributed by atoms with Crippen molar-refractivity contribution in [2.24, 2.45) is 11.8 Å². The number of rotatable bonds is 9. The van der Waals surface area contributed by atoms with Crippen LogP contribution in [0.15, 0.2) is 30.3 Å². The van der Waals surface area contributed by atoms with Crippen molar-refractivity contribution >= 4 is 17.7 Å². The Morgan fingerprint density at radius 2 is 1.48 bits per heavy atom. The largest absolute Gasteiger partial charge is 0.354 e. The summed E-state index contributed by atoms with van der Waals surface area (Å²) in [7, 11) is 0. The highest BCUT2D eigenvalue weighted by atomic mass is 16.2. The molecule has 0 radical (unpaired) electrons. The Kier molecular flexibility index (Phi) is 8.67. The van der Waals surface area contributed by atoms with E-state index in [4.69, 9.17) is 0 Å². The van der Waals surface area contributed by atoms with E-state index in [1.165, 1.54) is 0 Å². The lowest BCUT2D eigenvalue weighted by Crippen LogP contribution is -2.51. The molecule has 3 N–H and O–H groups in total. The van der Waals surface area contributed by atoms with Crippen molar-refractivity contribution in [1.82, 2.24) is 16.0 Å². The van der Waals surface area contributed by atoms with Gasteiger partial charge in [-0.25, -0.2) is 0 Å². The molecule has 0 fully saturated rings. The predicted octanol–water partition coefficient (Wildman–Crippen LogP) is 1.72. The van der Waals surface area contributed by atoms with Gasteiger partial charge in [0.1, 0.15) is 6.04 Å². The Bertz CT molecular complexity index is 573. The molecule has 1 rings (SSSR count). The van der Waals surface area contributed by atoms with Gasteiger partial charge in [-0.3, -0.25) is 14.4 Å². The summed E-state index contributed by atoms with van der Waals surface area (Å²) in [6, 6.07) is 8.21. The van der Waals surface area contributed by atoms with Crippen LogP contribution in [0, 0.1) is 11.8 Å². The first-order chi connectivity index (χ1) is 11.9. The van der Waals surface area contributed by atoms with Crippen molar-refractivity contribution in [2.45, 2.75) is 40.2 Å². The Hall–Kier alpha value is -2.37. The van der Waals surface area contributed by atoms with Gasteiger partial charge in [-0.1, -0.05) is 52.3 Å². The number of carbonyl (C=O) groups excluding carboxylic acids is 3. The van der Waals surface area contributed by atoms with Crippen LogP contribution >= 0.6 is 0 Å². The van der Waals surface area contributed by atoms with E-state index in [0.717, 1.165) is 6.42 Å². The van der Waals surface area contributed by atoms with Gasteiger partial charge in [0.15, 0.2) is 0 Å². The highest BCUT2D eigenvalue weighted by Gasteiger charge is 2.26. The third kappa shape index (κ3) is 6.95. The second kappa shape index (κ2) is 10.5. The van der Waals surface area contributed by atoms with E-state index in [1.54, 1.807) is 24.3 Å². The minimum absolute atomic E-state index is 0.00193. The van der Waals surface area contributed by atoms with E-state index in [0.29, 0.717) is 18.7 Å². The summed E-state index contributed by atoms with van der Waals surface area (Å²) >= 11 is 0. The smallest absolute Gasteiger partial charge is 0.251 e. The normalized spacial score (nSPS) is 13.0. The molecule has 6 heteroatoms. The van der Waals surface area contributed by atoms with E-state index in [9.17, 15) is 14.4 Å². The second-order valence-electron chi connectivity index (χ2n) is 6.44. The molecule has 0 aromatic heterocycles. The zero-order valence-electron chi connectivity index (χ0n) is 15.5. The first-order valence-electron chi connectivity index (χ1n) is 8.78. The van der Waals surface area contributed by atoms with Gasteiger partial charge in [0.25, 0.3) is 5.91 Å². The van der Waals surface area contributed by atoms with Gasteiger partial charge in [-0.2, -0.15) is 0 Å². The maximum atomic E-state index is 12.5. The molecule has 1 aromatic carbocycles. The van der Waals surface area contributed by atoms with Crippen LogP contribution in [-0.4, -0.2) is 36.9 Å². The first kappa shape index (κ1) is 20.7. The average Bonchev–Trinajstić information content (AvgIpc) is 2.62. The molecule has 2 unspecified atom stereocenters. The van der Waals surface area contributed by atoms with Crippen molar-refractivity contribution in [2.75, 3.05) is 13.1 Å². The maximum Gasteiger partial charge on any atom is 0.251 e. The molecule has 0 aliphatic carbocycles. The Balaban J connectivity index is 2.58. The van der Waals surface area contributed by atoms with Crippen LogP contribution in [0.5, 0.6) is 0 Å². The van der Waals surface area contributed by atoms with Crippen LogP contribution in [0.25, 0.3) is 0 Å². The third-order valence-corrected chi connectivity index (χ3v) is 4.07. The van der Waals surface area contributed by atoms with Gasteiger partial charge in [-0.05, 0) is 18.1 Å². The molecular weight excluding hydrogens is 318 g/mol. The molecule has 0 saturated carbocycles. The van der Waals surface area contributed by atoms with E-state index >= 15 is 0 Å². The molecule has 0 aliphatic heterocycles. The summed E-state index contributed by atoms with van der Waals surface area (Å²) in [4.78, 5) is 36.3. The van der Waals surface area contributed by atoms with Gasteiger partial charge in [0.2, 0.25) is 11.8 Å². The van der Waals surface area contributed by atoms with Crippen molar-refractivity contribution < 1.29 is 14.4 Å². The third-order valence-electron chi connectivity index (χ3n) is 4.07. The molecule has 25 heavy (non-hydrogen) atoms. The topological polar surface area (TPSA) is 87.3 Å². The molecule has 3 amide bonds. The molecule has 0 heterocycles. The highest BCUT2D eigenvalue weighted by molar-refractivity contribution is 5.97. The van der Waals surface area contributed by atoms with Crippen molar-refractivity contribution in [3.8, 4) is 0 Å². The lowest BCUT2D eigenvalue weighted by Gasteiger charge is -2.23. The van der Waals surface area contributed by atoms with E-state index in [1.807, 2.05) is 33.8 Å². The van der Waals surface area contributed by atoms with Crippen LogP contribution in [-0.2, 0) is 9.59 Å². The molecule has 2 atom stereocenters. The van der Waals surface area contributed by atoms with Gasteiger partial charge in [0.05, 0.1) is 0 Å². The quantitative estimate of drug-likeness (QED) is 0.595. The molecule has 0 saturated heterocycles. The van der Waals surface area contributed by atoms with Crippen LogP contribution in [0.1, 0.15) is 44.5 Å². The first-order valence-corrected chi connectivity index (χ1v) is 8.78. The number of hydrogen-bond donors (Lipinski definition) is 3. The monoisotopic (exact) mass is 347 g/mol. The minimum Gasteiger partial charge on any atom is -0.354 e. The fourth-order valence-corrected chi connectivity index (χ4v) is 2.20. The van der Waals surface area contributed by atoms with Crippen molar-refractivity contribution in [1.29, 1.82) is 0 Å². The van der Waals surface area contributed by atoms with E-state index in [-0.39, 0.29) is 29.6 Å². The average molecular weight is 347 g/mol. The molecule has 0 spiro atoms. The lowest BCUT2D eigenvalue weighted by molar-refractivity contribution is -0.125. The van der Waals surface area contributed by atoms with Crippen LogP contribution < -0.4 is 16.0 Å². The Morgan fingerprint density at radius 1 is 0.920 bits per heavy atom. The summed E-state index contributed by atoms with van der Waals surface area (Å²) in [6.45, 7) is 8.21. The van der Waals surface area contributed by atoms with E-state index < -0.39 is 6.04 Å². The SMILES string of the molecule is CCC(C)C(NC(=O)c1ccccc1)C(=O)NCCNC(=O)C(C)C. The number of amides is 3. The lowest BCUT2D eigenvalue weighted by atomic mass is 9.98. The molecule has 0 aliphatic rings. The second-order valence-corrected chi connectivity index (χ2v) is 6.44. The number of benzene rings is 1. The fraction of sp³-hybridized carbons (Fsp3) is 0.526. The predicted molar refractivity (Wildman–Crippen MR) is 98.0 cm³/mol. The molecular formula is C19H29N3O3. The Morgan fingerprint density at radius 3 is 2.00 bits per heavy atom.